The molecule has 0 saturated carbocycles. The Labute approximate surface area is 159 Å². The van der Waals surface area contributed by atoms with Crippen LogP contribution in [-0.4, -0.2) is 40.7 Å². The number of aromatic nitrogens is 2. The summed E-state index contributed by atoms with van der Waals surface area (Å²) in [6.07, 6.45) is 1.92. The van der Waals surface area contributed by atoms with Crippen molar-refractivity contribution in [1.82, 2.24) is 15.1 Å². The second-order valence-electron chi connectivity index (χ2n) is 7.96. The van der Waals surface area contributed by atoms with Crippen LogP contribution in [0.1, 0.15) is 53.9 Å². The molecule has 1 fully saturated rings. The SMILES string of the molecule is Cc1ccc(C(=O)N2CCC(COc3ccc(C(C)(C)C)nn3)CC2)s1. The molecule has 1 saturated heterocycles. The molecule has 0 spiro atoms. The summed E-state index contributed by atoms with van der Waals surface area (Å²) in [5, 5.41) is 8.44. The van der Waals surface area contributed by atoms with E-state index in [2.05, 4.69) is 31.0 Å². The summed E-state index contributed by atoms with van der Waals surface area (Å²) in [7, 11) is 0. The average Bonchev–Trinajstić information content (AvgIpc) is 3.06. The molecule has 3 heterocycles. The highest BCUT2D eigenvalue weighted by atomic mass is 32.1. The van der Waals surface area contributed by atoms with Gasteiger partial charge in [-0.1, -0.05) is 20.8 Å². The summed E-state index contributed by atoms with van der Waals surface area (Å²) < 4.78 is 5.82. The standard InChI is InChI=1S/C20H27N3O2S/c1-14-5-6-16(26-14)19(24)23-11-9-15(10-12-23)13-25-18-8-7-17(21-22-18)20(2,3)4/h5-8,15H,9-13H2,1-4H3. The van der Waals surface area contributed by atoms with Crippen molar-refractivity contribution in [2.45, 2.75) is 46.0 Å². The van der Waals surface area contributed by atoms with Crippen LogP contribution >= 0.6 is 11.3 Å². The van der Waals surface area contributed by atoms with Crippen LogP contribution < -0.4 is 4.74 Å². The van der Waals surface area contributed by atoms with Crippen LogP contribution in [0.2, 0.25) is 0 Å². The van der Waals surface area contributed by atoms with Gasteiger partial charge >= 0.3 is 0 Å². The third-order valence-electron chi connectivity index (χ3n) is 4.73. The van der Waals surface area contributed by atoms with Crippen LogP contribution in [-0.2, 0) is 5.41 Å². The average molecular weight is 374 g/mol. The summed E-state index contributed by atoms with van der Waals surface area (Å²) in [6, 6.07) is 7.81. The van der Waals surface area contributed by atoms with Crippen LogP contribution in [0.25, 0.3) is 0 Å². The molecule has 0 aliphatic carbocycles. The van der Waals surface area contributed by atoms with E-state index in [1.807, 2.05) is 36.1 Å². The van der Waals surface area contributed by atoms with Crippen LogP contribution in [0.5, 0.6) is 5.88 Å². The van der Waals surface area contributed by atoms with Crippen LogP contribution in [0.4, 0.5) is 0 Å². The lowest BCUT2D eigenvalue weighted by molar-refractivity contribution is 0.0663. The van der Waals surface area contributed by atoms with Gasteiger partial charge in [-0.25, -0.2) is 0 Å². The zero-order valence-corrected chi connectivity index (χ0v) is 16.8. The van der Waals surface area contributed by atoms with Crippen molar-refractivity contribution in [3.8, 4) is 5.88 Å². The highest BCUT2D eigenvalue weighted by molar-refractivity contribution is 7.13. The Morgan fingerprint density at radius 2 is 1.92 bits per heavy atom. The molecule has 3 rings (SSSR count). The Morgan fingerprint density at radius 3 is 2.46 bits per heavy atom. The number of carbonyl (C=O) groups excluding carboxylic acids is 1. The summed E-state index contributed by atoms with van der Waals surface area (Å²) in [6.45, 7) is 10.6. The molecule has 2 aromatic heterocycles. The summed E-state index contributed by atoms with van der Waals surface area (Å²) in [5.74, 6) is 1.19. The molecule has 0 bridgehead atoms. The monoisotopic (exact) mass is 373 g/mol. The third-order valence-corrected chi connectivity index (χ3v) is 5.72. The molecule has 26 heavy (non-hydrogen) atoms. The van der Waals surface area contributed by atoms with Gasteiger partial charge in [-0.2, -0.15) is 5.10 Å². The maximum absolute atomic E-state index is 12.5. The van der Waals surface area contributed by atoms with Crippen LogP contribution in [0.15, 0.2) is 24.3 Å². The van der Waals surface area contributed by atoms with Crippen molar-refractivity contribution < 1.29 is 9.53 Å². The molecule has 1 aliphatic heterocycles. The highest BCUT2D eigenvalue weighted by Crippen LogP contribution is 2.24. The highest BCUT2D eigenvalue weighted by Gasteiger charge is 2.25. The molecule has 0 unspecified atom stereocenters. The minimum Gasteiger partial charge on any atom is -0.476 e. The van der Waals surface area contributed by atoms with Crippen LogP contribution in [0.3, 0.4) is 0 Å². The first kappa shape index (κ1) is 18.8. The smallest absolute Gasteiger partial charge is 0.263 e. The summed E-state index contributed by atoms with van der Waals surface area (Å²) in [5.41, 5.74) is 0.951. The van der Waals surface area contributed by atoms with Crippen molar-refractivity contribution in [1.29, 1.82) is 0 Å². The Morgan fingerprint density at radius 1 is 1.19 bits per heavy atom. The largest absolute Gasteiger partial charge is 0.476 e. The third kappa shape index (κ3) is 4.61. The minimum absolute atomic E-state index is 0.00794. The predicted octanol–water partition coefficient (Wildman–Crippen LogP) is 4.08. The van der Waals surface area contributed by atoms with Gasteiger partial charge in [0.25, 0.3) is 5.91 Å². The fourth-order valence-corrected chi connectivity index (χ4v) is 3.84. The van der Waals surface area contributed by atoms with E-state index in [1.165, 1.54) is 4.88 Å². The molecule has 1 aliphatic rings. The second-order valence-corrected chi connectivity index (χ2v) is 9.25. The van der Waals surface area contributed by atoms with Gasteiger partial charge in [-0.3, -0.25) is 4.79 Å². The van der Waals surface area contributed by atoms with E-state index >= 15 is 0 Å². The number of nitrogens with zero attached hydrogens (tertiary/aromatic N) is 3. The van der Waals surface area contributed by atoms with Gasteiger partial charge in [-0.05, 0) is 43.9 Å². The second kappa shape index (κ2) is 7.74. The van der Waals surface area contributed by atoms with Crippen molar-refractivity contribution >= 4 is 17.2 Å². The van der Waals surface area contributed by atoms with E-state index < -0.39 is 0 Å². The van der Waals surface area contributed by atoms with Gasteiger partial charge in [0.1, 0.15) is 0 Å². The van der Waals surface area contributed by atoms with Crippen molar-refractivity contribution in [2.75, 3.05) is 19.7 Å². The number of amides is 1. The van der Waals surface area contributed by atoms with Gasteiger partial charge in [0.2, 0.25) is 5.88 Å². The summed E-state index contributed by atoms with van der Waals surface area (Å²) in [4.78, 5) is 16.5. The number of carbonyl (C=O) groups is 1. The van der Waals surface area contributed by atoms with E-state index in [0.29, 0.717) is 18.4 Å². The zero-order chi connectivity index (χ0) is 18.7. The number of aryl methyl sites for hydroxylation is 1. The number of rotatable bonds is 4. The molecule has 0 atom stereocenters. The number of hydrogen-bond acceptors (Lipinski definition) is 5. The van der Waals surface area contributed by atoms with Crippen LogP contribution in [0, 0.1) is 12.8 Å². The van der Waals surface area contributed by atoms with Crippen molar-refractivity contribution in [2.24, 2.45) is 5.92 Å². The number of hydrogen-bond donors (Lipinski definition) is 0. The summed E-state index contributed by atoms with van der Waals surface area (Å²) >= 11 is 1.57. The van der Waals surface area contributed by atoms with E-state index in [1.54, 1.807) is 11.3 Å². The molecule has 2 aromatic rings. The number of piperidine rings is 1. The maximum Gasteiger partial charge on any atom is 0.263 e. The van der Waals surface area contributed by atoms with Gasteiger partial charge < -0.3 is 9.64 Å². The fourth-order valence-electron chi connectivity index (χ4n) is 3.01. The number of thiophene rings is 1. The Balaban J connectivity index is 1.46. The lowest BCUT2D eigenvalue weighted by Crippen LogP contribution is -2.39. The van der Waals surface area contributed by atoms with E-state index in [9.17, 15) is 4.79 Å². The molecular formula is C20H27N3O2S. The molecular weight excluding hydrogens is 346 g/mol. The quantitative estimate of drug-likeness (QED) is 0.810. The lowest BCUT2D eigenvalue weighted by Gasteiger charge is -2.31. The van der Waals surface area contributed by atoms with E-state index in [0.717, 1.165) is 36.5 Å². The maximum atomic E-state index is 12.5. The van der Waals surface area contributed by atoms with Gasteiger partial charge in [-0.15, -0.1) is 16.4 Å². The topological polar surface area (TPSA) is 55.3 Å². The Bertz CT molecular complexity index is 741. The Kier molecular flexibility index (Phi) is 5.61. The first-order chi connectivity index (χ1) is 12.3. The Hall–Kier alpha value is -1.95. The molecule has 6 heteroatoms. The van der Waals surface area contributed by atoms with E-state index in [-0.39, 0.29) is 11.3 Å². The van der Waals surface area contributed by atoms with Crippen molar-refractivity contribution in [3.05, 3.63) is 39.7 Å². The van der Waals surface area contributed by atoms with Crippen molar-refractivity contribution in [3.63, 3.8) is 0 Å². The molecule has 5 nitrogen and oxygen atoms in total. The number of likely N-dealkylation sites (tertiary alicyclic amines) is 1. The van der Waals surface area contributed by atoms with Gasteiger partial charge in [0.05, 0.1) is 17.2 Å². The minimum atomic E-state index is -0.00794. The number of ether oxygens (including phenoxy) is 1. The first-order valence-electron chi connectivity index (χ1n) is 9.15. The van der Waals surface area contributed by atoms with E-state index in [4.69, 9.17) is 4.74 Å². The fraction of sp³-hybridized carbons (Fsp3) is 0.550. The zero-order valence-electron chi connectivity index (χ0n) is 16.0. The van der Waals surface area contributed by atoms with Gasteiger partial charge in [0, 0.05) is 29.4 Å². The first-order valence-corrected chi connectivity index (χ1v) is 9.97. The normalized spacial score (nSPS) is 15.9. The molecule has 140 valence electrons. The van der Waals surface area contributed by atoms with Gasteiger partial charge in [0.15, 0.2) is 0 Å². The predicted molar refractivity (Wildman–Crippen MR) is 104 cm³/mol. The molecule has 1 amide bonds. The molecule has 0 radical (unpaired) electrons. The molecule has 0 N–H and O–H groups in total. The lowest BCUT2D eigenvalue weighted by atomic mass is 9.92. The molecule has 0 aromatic carbocycles.